The maximum atomic E-state index is 13.9. The van der Waals surface area contributed by atoms with Crippen LogP contribution in [-0.2, 0) is 0 Å². The summed E-state index contributed by atoms with van der Waals surface area (Å²) >= 11 is 0. The summed E-state index contributed by atoms with van der Waals surface area (Å²) in [5.41, 5.74) is 2.45. The number of carbonyl (C=O) groups is 1. The average molecular weight is 436 g/mol. The van der Waals surface area contributed by atoms with Gasteiger partial charge in [-0.3, -0.25) is 4.79 Å². The molecule has 0 spiro atoms. The zero-order valence-corrected chi connectivity index (χ0v) is 18.4. The molecule has 1 aromatic carbocycles. The minimum absolute atomic E-state index is 0.0902. The smallest absolute Gasteiger partial charge is 0.275 e. The topological polar surface area (TPSA) is 73.1 Å². The van der Waals surface area contributed by atoms with Gasteiger partial charge in [0.25, 0.3) is 5.91 Å². The Hall–Kier alpha value is -3.29. The van der Waals surface area contributed by atoms with E-state index >= 15 is 0 Å². The molecule has 166 valence electrons. The van der Waals surface area contributed by atoms with Crippen LogP contribution < -0.4 is 4.74 Å². The van der Waals surface area contributed by atoms with Gasteiger partial charge < -0.3 is 9.64 Å². The van der Waals surface area contributed by atoms with E-state index in [0.29, 0.717) is 35.6 Å². The van der Waals surface area contributed by atoms with Crippen molar-refractivity contribution in [3.8, 4) is 11.4 Å². The fourth-order valence-corrected chi connectivity index (χ4v) is 4.83. The highest BCUT2D eigenvalue weighted by atomic mass is 19.1. The number of benzene rings is 1. The van der Waals surface area contributed by atoms with Gasteiger partial charge in [-0.25, -0.2) is 9.37 Å². The molecule has 2 aromatic heterocycles. The van der Waals surface area contributed by atoms with E-state index in [9.17, 15) is 9.18 Å². The third-order valence-electron chi connectivity index (χ3n) is 6.76. The van der Waals surface area contributed by atoms with Crippen molar-refractivity contribution in [1.82, 2.24) is 24.9 Å². The van der Waals surface area contributed by atoms with Crippen molar-refractivity contribution in [3.63, 3.8) is 0 Å². The minimum atomic E-state index is -0.304. The molecule has 1 saturated carbocycles. The summed E-state index contributed by atoms with van der Waals surface area (Å²) in [6.45, 7) is 6.26. The first-order chi connectivity index (χ1) is 15.4. The minimum Gasteiger partial charge on any atom is -0.491 e. The normalized spacial score (nSPS) is 24.2. The number of aromatic nitrogens is 4. The van der Waals surface area contributed by atoms with E-state index < -0.39 is 0 Å². The Bertz CT molecular complexity index is 1140. The maximum absolute atomic E-state index is 13.9. The van der Waals surface area contributed by atoms with Crippen LogP contribution in [0.25, 0.3) is 5.69 Å². The highest BCUT2D eigenvalue weighted by Crippen LogP contribution is 2.47. The van der Waals surface area contributed by atoms with Crippen molar-refractivity contribution in [2.24, 2.45) is 11.8 Å². The zero-order valence-electron chi connectivity index (χ0n) is 18.4. The van der Waals surface area contributed by atoms with Crippen molar-refractivity contribution in [2.45, 2.75) is 45.7 Å². The molecule has 2 aliphatic heterocycles. The molecule has 2 atom stereocenters. The van der Waals surface area contributed by atoms with E-state index in [1.165, 1.54) is 16.9 Å². The second-order valence-corrected chi connectivity index (χ2v) is 8.88. The molecule has 3 aliphatic rings. The number of amides is 1. The van der Waals surface area contributed by atoms with Crippen LogP contribution in [0.15, 0.2) is 42.6 Å². The standard InChI is InChI=1S/C24H26FN5O2/c1-14-4-9-21(30-26-12-15(2)28-30)23(27-14)24(31)29-19-10-17(11-19)16(3)22(29)13-32-20-7-5-18(25)6-8-20/h4-9,12,16-17,19,22H,10-11,13H2,1-3H3/t16-,17?,19?,22?/m0/s1. The molecule has 7 nitrogen and oxygen atoms in total. The number of nitrogens with zero attached hydrogens (tertiary/aromatic N) is 5. The van der Waals surface area contributed by atoms with Gasteiger partial charge in [-0.15, -0.1) is 4.80 Å². The fraction of sp³-hybridized carbons (Fsp3) is 0.417. The second kappa shape index (κ2) is 8.00. The van der Waals surface area contributed by atoms with Gasteiger partial charge in [0.2, 0.25) is 0 Å². The Morgan fingerprint density at radius 1 is 1.12 bits per heavy atom. The molecule has 2 saturated heterocycles. The third-order valence-corrected chi connectivity index (χ3v) is 6.76. The van der Waals surface area contributed by atoms with Gasteiger partial charge in [-0.2, -0.15) is 10.2 Å². The number of hydrogen-bond acceptors (Lipinski definition) is 5. The van der Waals surface area contributed by atoms with Gasteiger partial charge in [0, 0.05) is 11.7 Å². The summed E-state index contributed by atoms with van der Waals surface area (Å²) in [5.74, 6) is 1.05. The van der Waals surface area contributed by atoms with Crippen LogP contribution in [0.4, 0.5) is 4.39 Å². The Kier molecular flexibility index (Phi) is 5.15. The van der Waals surface area contributed by atoms with Crippen LogP contribution in [0.1, 0.15) is 41.6 Å². The highest BCUT2D eigenvalue weighted by molar-refractivity contribution is 5.96. The Morgan fingerprint density at radius 2 is 1.88 bits per heavy atom. The van der Waals surface area contributed by atoms with Gasteiger partial charge in [0.15, 0.2) is 5.69 Å². The lowest BCUT2D eigenvalue weighted by atomic mass is 9.64. The van der Waals surface area contributed by atoms with E-state index in [4.69, 9.17) is 4.74 Å². The van der Waals surface area contributed by atoms with E-state index in [0.717, 1.165) is 24.2 Å². The van der Waals surface area contributed by atoms with Crippen molar-refractivity contribution in [1.29, 1.82) is 0 Å². The van der Waals surface area contributed by atoms with Crippen molar-refractivity contribution in [2.75, 3.05) is 6.61 Å². The van der Waals surface area contributed by atoms with Crippen molar-refractivity contribution < 1.29 is 13.9 Å². The predicted octanol–water partition coefficient (Wildman–Crippen LogP) is 3.74. The molecule has 6 rings (SSSR count). The van der Waals surface area contributed by atoms with E-state index in [2.05, 4.69) is 22.1 Å². The molecule has 1 aliphatic carbocycles. The molecule has 3 aromatic rings. The number of pyridine rings is 1. The number of rotatable bonds is 5. The molecule has 1 amide bonds. The van der Waals surface area contributed by atoms with Crippen LogP contribution in [0.5, 0.6) is 5.75 Å². The zero-order chi connectivity index (χ0) is 22.4. The van der Waals surface area contributed by atoms with Gasteiger partial charge in [0.05, 0.1) is 17.9 Å². The van der Waals surface area contributed by atoms with Crippen molar-refractivity contribution >= 4 is 5.91 Å². The van der Waals surface area contributed by atoms with Gasteiger partial charge >= 0.3 is 0 Å². The first kappa shape index (κ1) is 20.6. The summed E-state index contributed by atoms with van der Waals surface area (Å²) in [6.07, 6.45) is 3.66. The third kappa shape index (κ3) is 3.63. The average Bonchev–Trinajstić information content (AvgIpc) is 3.18. The lowest BCUT2D eigenvalue weighted by Crippen LogP contribution is -2.64. The molecule has 2 bridgehead atoms. The molecule has 8 heteroatoms. The number of piperidine rings is 2. The van der Waals surface area contributed by atoms with Crippen molar-refractivity contribution in [3.05, 3.63) is 65.5 Å². The number of halogens is 1. The SMILES string of the molecule is Cc1ccc(-n2ncc(C)n2)c(C(=O)N2C3CC(C3)[C@H](C)C2COc2ccc(F)cc2)n1. The lowest BCUT2D eigenvalue weighted by Gasteiger charge is -2.57. The summed E-state index contributed by atoms with van der Waals surface area (Å²) in [4.78, 5) is 21.9. The number of aryl methyl sites for hydroxylation is 2. The van der Waals surface area contributed by atoms with Gasteiger partial charge in [-0.1, -0.05) is 6.92 Å². The Labute approximate surface area is 186 Å². The number of fused-ring (bicyclic) bond motifs is 2. The number of carbonyl (C=O) groups excluding carboxylic acids is 1. The van der Waals surface area contributed by atoms with Crippen LogP contribution >= 0.6 is 0 Å². The van der Waals surface area contributed by atoms with E-state index in [-0.39, 0.29) is 23.8 Å². The first-order valence-corrected chi connectivity index (χ1v) is 11.0. The van der Waals surface area contributed by atoms with Gasteiger partial charge in [0.1, 0.15) is 23.9 Å². The number of hydrogen-bond donors (Lipinski definition) is 0. The Balaban J connectivity index is 1.46. The van der Waals surface area contributed by atoms with Crippen LogP contribution in [-0.4, -0.2) is 49.5 Å². The largest absolute Gasteiger partial charge is 0.491 e. The van der Waals surface area contributed by atoms with Crippen LogP contribution in [0.2, 0.25) is 0 Å². The van der Waals surface area contributed by atoms with Gasteiger partial charge in [-0.05, 0) is 74.9 Å². The second-order valence-electron chi connectivity index (χ2n) is 8.88. The summed E-state index contributed by atoms with van der Waals surface area (Å²) < 4.78 is 19.2. The monoisotopic (exact) mass is 435 g/mol. The molecule has 0 N–H and O–H groups in total. The van der Waals surface area contributed by atoms with Crippen LogP contribution in [0, 0.1) is 31.5 Å². The van der Waals surface area contributed by atoms with E-state index in [1.54, 1.807) is 18.3 Å². The van der Waals surface area contributed by atoms with Crippen LogP contribution in [0.3, 0.4) is 0 Å². The summed E-state index contributed by atoms with van der Waals surface area (Å²) in [7, 11) is 0. The quantitative estimate of drug-likeness (QED) is 0.611. The predicted molar refractivity (Wildman–Crippen MR) is 116 cm³/mol. The summed E-state index contributed by atoms with van der Waals surface area (Å²) in [6, 6.07) is 9.77. The molecule has 3 fully saturated rings. The molecule has 0 radical (unpaired) electrons. The Morgan fingerprint density at radius 3 is 2.56 bits per heavy atom. The molecule has 1 unspecified atom stereocenters. The number of ether oxygens (including phenoxy) is 1. The molecular formula is C24H26FN5O2. The van der Waals surface area contributed by atoms with E-state index in [1.807, 2.05) is 30.9 Å². The molecule has 4 heterocycles. The molecular weight excluding hydrogens is 409 g/mol. The fourth-order valence-electron chi connectivity index (χ4n) is 4.83. The molecule has 32 heavy (non-hydrogen) atoms. The first-order valence-electron chi connectivity index (χ1n) is 11.0. The lowest BCUT2D eigenvalue weighted by molar-refractivity contribution is -0.0673. The maximum Gasteiger partial charge on any atom is 0.275 e. The highest BCUT2D eigenvalue weighted by Gasteiger charge is 2.51. The summed E-state index contributed by atoms with van der Waals surface area (Å²) in [5, 5.41) is 8.67.